The summed E-state index contributed by atoms with van der Waals surface area (Å²) in [5.41, 5.74) is 1.30. The van der Waals surface area contributed by atoms with Crippen LogP contribution in [0.3, 0.4) is 0 Å². The van der Waals surface area contributed by atoms with E-state index in [2.05, 4.69) is 9.80 Å². The van der Waals surface area contributed by atoms with Crippen LogP contribution in [0.25, 0.3) is 0 Å². The molecule has 0 spiro atoms. The number of hydrogen-bond donors (Lipinski definition) is 0. The zero-order valence-electron chi connectivity index (χ0n) is 11.4. The Balaban J connectivity index is 1.45. The topological polar surface area (TPSA) is 49.6 Å². The summed E-state index contributed by atoms with van der Waals surface area (Å²) in [5.74, 6) is 0. The Hall–Kier alpha value is -1.62. The fourth-order valence-corrected chi connectivity index (χ4v) is 3.92. The van der Waals surface area contributed by atoms with Gasteiger partial charge in [0.05, 0.1) is 4.92 Å². The van der Waals surface area contributed by atoms with Crippen molar-refractivity contribution in [2.24, 2.45) is 0 Å². The van der Waals surface area contributed by atoms with E-state index in [1.807, 2.05) is 12.1 Å². The molecule has 0 N–H and O–H groups in total. The van der Waals surface area contributed by atoms with Gasteiger partial charge in [-0.1, -0.05) is 6.42 Å². The summed E-state index contributed by atoms with van der Waals surface area (Å²) < 4.78 is 0. The van der Waals surface area contributed by atoms with Gasteiger partial charge in [-0.3, -0.25) is 15.0 Å². The van der Waals surface area contributed by atoms with Crippen molar-refractivity contribution < 1.29 is 4.92 Å². The van der Waals surface area contributed by atoms with Gasteiger partial charge < -0.3 is 4.90 Å². The molecule has 2 unspecified atom stereocenters. The Morgan fingerprint density at radius 2 is 1.70 bits per heavy atom. The number of nitro benzene ring substituents is 1. The first-order chi connectivity index (χ1) is 9.72. The van der Waals surface area contributed by atoms with Gasteiger partial charge in [0, 0.05) is 49.0 Å². The highest BCUT2D eigenvalue weighted by Crippen LogP contribution is 2.41. The van der Waals surface area contributed by atoms with E-state index in [1.54, 1.807) is 12.1 Å². The number of nitro groups is 1. The SMILES string of the molecule is O=[N+]([O-])c1ccc(N2CC3CC(C2)N3C2CCC2)cc1. The smallest absolute Gasteiger partial charge is 0.269 e. The molecule has 3 saturated heterocycles. The molecule has 2 atom stereocenters. The number of non-ortho nitro benzene ring substituents is 1. The molecule has 3 aliphatic heterocycles. The second-order valence-corrected chi connectivity index (χ2v) is 6.25. The first kappa shape index (κ1) is 12.1. The maximum absolute atomic E-state index is 10.7. The Morgan fingerprint density at radius 3 is 2.20 bits per heavy atom. The van der Waals surface area contributed by atoms with Gasteiger partial charge in [-0.2, -0.15) is 0 Å². The van der Waals surface area contributed by atoms with Crippen molar-refractivity contribution in [3.63, 3.8) is 0 Å². The molecule has 106 valence electrons. The number of piperazine rings is 1. The van der Waals surface area contributed by atoms with Crippen LogP contribution in [-0.2, 0) is 0 Å². The molecule has 3 heterocycles. The summed E-state index contributed by atoms with van der Waals surface area (Å²) in [6, 6.07) is 9.24. The largest absolute Gasteiger partial charge is 0.368 e. The molecule has 20 heavy (non-hydrogen) atoms. The molecule has 1 aromatic rings. The van der Waals surface area contributed by atoms with Gasteiger partial charge in [0.2, 0.25) is 0 Å². The Bertz CT molecular complexity index is 514. The van der Waals surface area contributed by atoms with Gasteiger partial charge in [-0.15, -0.1) is 0 Å². The molecular formula is C15H19N3O2. The highest BCUT2D eigenvalue weighted by Gasteiger charge is 2.48. The standard InChI is InChI=1S/C15H19N3O2/c19-18(20)13-6-4-11(5-7-13)16-9-14-8-15(10-16)17(14)12-2-1-3-12/h4-7,12,14-15H,1-3,8-10H2. The number of hydrogen-bond acceptors (Lipinski definition) is 4. The molecule has 4 aliphatic rings. The van der Waals surface area contributed by atoms with Crippen LogP contribution in [-0.4, -0.2) is 41.0 Å². The lowest BCUT2D eigenvalue weighted by molar-refractivity contribution is -0.384. The van der Waals surface area contributed by atoms with Crippen molar-refractivity contribution >= 4 is 11.4 Å². The fraction of sp³-hybridized carbons (Fsp3) is 0.600. The van der Waals surface area contributed by atoms with Crippen molar-refractivity contribution in [3.05, 3.63) is 34.4 Å². The highest BCUT2D eigenvalue weighted by atomic mass is 16.6. The average Bonchev–Trinajstić information content (AvgIpc) is 2.43. The van der Waals surface area contributed by atoms with Crippen LogP contribution in [0.15, 0.2) is 24.3 Å². The van der Waals surface area contributed by atoms with Crippen molar-refractivity contribution in [1.29, 1.82) is 0 Å². The Kier molecular flexibility index (Phi) is 2.70. The van der Waals surface area contributed by atoms with Crippen molar-refractivity contribution in [3.8, 4) is 0 Å². The summed E-state index contributed by atoms with van der Waals surface area (Å²) in [7, 11) is 0. The first-order valence-corrected chi connectivity index (χ1v) is 7.49. The van der Waals surface area contributed by atoms with Crippen LogP contribution in [0.4, 0.5) is 11.4 Å². The zero-order chi connectivity index (χ0) is 13.7. The molecule has 5 rings (SSSR count). The molecule has 1 aliphatic carbocycles. The van der Waals surface area contributed by atoms with Crippen LogP contribution < -0.4 is 4.90 Å². The van der Waals surface area contributed by atoms with Crippen molar-refractivity contribution in [1.82, 2.24) is 4.90 Å². The summed E-state index contributed by atoms with van der Waals surface area (Å²) in [6.07, 6.45) is 5.49. The van der Waals surface area contributed by atoms with Crippen LogP contribution in [0, 0.1) is 10.1 Å². The number of fused-ring (bicyclic) bond motifs is 2. The normalized spacial score (nSPS) is 29.7. The molecule has 1 aromatic carbocycles. The van der Waals surface area contributed by atoms with Crippen LogP contribution in [0.5, 0.6) is 0 Å². The van der Waals surface area contributed by atoms with E-state index in [1.165, 1.54) is 25.7 Å². The predicted octanol–water partition coefficient (Wildman–Crippen LogP) is 2.41. The maximum Gasteiger partial charge on any atom is 0.269 e. The quantitative estimate of drug-likeness (QED) is 0.627. The number of nitrogens with zero attached hydrogens (tertiary/aromatic N) is 3. The molecular weight excluding hydrogens is 254 g/mol. The Labute approximate surface area is 118 Å². The van der Waals surface area contributed by atoms with E-state index in [0.29, 0.717) is 12.1 Å². The molecule has 1 saturated carbocycles. The highest BCUT2D eigenvalue weighted by molar-refractivity contribution is 5.52. The third-order valence-electron chi connectivity index (χ3n) is 5.17. The molecule has 5 heteroatoms. The Morgan fingerprint density at radius 1 is 1.05 bits per heavy atom. The number of rotatable bonds is 3. The monoisotopic (exact) mass is 273 g/mol. The third-order valence-corrected chi connectivity index (χ3v) is 5.17. The summed E-state index contributed by atoms with van der Waals surface area (Å²) in [5, 5.41) is 10.7. The van der Waals surface area contributed by atoms with Crippen LogP contribution in [0.2, 0.25) is 0 Å². The molecule has 0 aromatic heterocycles. The average molecular weight is 273 g/mol. The first-order valence-electron chi connectivity index (χ1n) is 7.49. The summed E-state index contributed by atoms with van der Waals surface area (Å²) >= 11 is 0. The van der Waals surface area contributed by atoms with E-state index in [-0.39, 0.29) is 10.6 Å². The number of anilines is 1. The fourth-order valence-electron chi connectivity index (χ4n) is 3.92. The van der Waals surface area contributed by atoms with Gasteiger partial charge in [0.25, 0.3) is 5.69 Å². The third kappa shape index (κ3) is 1.80. The van der Waals surface area contributed by atoms with Crippen molar-refractivity contribution in [2.75, 3.05) is 18.0 Å². The molecule has 4 fully saturated rings. The summed E-state index contributed by atoms with van der Waals surface area (Å²) in [4.78, 5) is 15.5. The van der Waals surface area contributed by atoms with E-state index >= 15 is 0 Å². The minimum absolute atomic E-state index is 0.173. The van der Waals surface area contributed by atoms with Gasteiger partial charge in [0.1, 0.15) is 0 Å². The lowest BCUT2D eigenvalue weighted by atomic mass is 9.79. The number of benzene rings is 1. The van der Waals surface area contributed by atoms with Gasteiger partial charge in [-0.05, 0) is 31.4 Å². The minimum atomic E-state index is -0.338. The van der Waals surface area contributed by atoms with E-state index in [9.17, 15) is 10.1 Å². The maximum atomic E-state index is 10.7. The lowest BCUT2D eigenvalue weighted by Crippen LogP contribution is -2.72. The van der Waals surface area contributed by atoms with Gasteiger partial charge in [-0.25, -0.2) is 0 Å². The zero-order valence-corrected chi connectivity index (χ0v) is 11.4. The van der Waals surface area contributed by atoms with Gasteiger partial charge in [0.15, 0.2) is 0 Å². The molecule has 0 amide bonds. The number of piperidine rings is 1. The van der Waals surface area contributed by atoms with Crippen LogP contribution >= 0.6 is 0 Å². The minimum Gasteiger partial charge on any atom is -0.368 e. The summed E-state index contributed by atoms with van der Waals surface area (Å²) in [6.45, 7) is 2.15. The van der Waals surface area contributed by atoms with Crippen LogP contribution in [0.1, 0.15) is 25.7 Å². The van der Waals surface area contributed by atoms with E-state index in [0.717, 1.165) is 24.8 Å². The lowest BCUT2D eigenvalue weighted by Gasteiger charge is -2.61. The molecule has 5 nitrogen and oxygen atoms in total. The van der Waals surface area contributed by atoms with E-state index in [4.69, 9.17) is 0 Å². The second-order valence-electron chi connectivity index (χ2n) is 6.25. The van der Waals surface area contributed by atoms with E-state index < -0.39 is 0 Å². The molecule has 0 radical (unpaired) electrons. The molecule has 2 bridgehead atoms. The predicted molar refractivity (Wildman–Crippen MR) is 77.0 cm³/mol. The van der Waals surface area contributed by atoms with Gasteiger partial charge >= 0.3 is 0 Å². The second kappa shape index (κ2) is 4.45. The van der Waals surface area contributed by atoms with Crippen molar-refractivity contribution in [2.45, 2.75) is 43.8 Å².